The average molecular weight is 369 g/mol. The Bertz CT molecular complexity index is 676. The number of nitrogens with one attached hydrogen (secondary N) is 3. The summed E-state index contributed by atoms with van der Waals surface area (Å²) in [6, 6.07) is 1.02. The summed E-state index contributed by atoms with van der Waals surface area (Å²) in [5, 5.41) is 7.69. The van der Waals surface area contributed by atoms with Gasteiger partial charge in [0, 0.05) is 12.0 Å². The molecule has 0 fully saturated rings. The normalized spacial score (nSPS) is 10.8. The lowest BCUT2D eigenvalue weighted by Crippen LogP contribution is -2.41. The van der Waals surface area contributed by atoms with E-state index in [1.165, 1.54) is 0 Å². The van der Waals surface area contributed by atoms with Crippen molar-refractivity contribution >= 4 is 40.2 Å². The summed E-state index contributed by atoms with van der Waals surface area (Å²) >= 11 is 1.07. The molecule has 25 heavy (non-hydrogen) atoms. The third kappa shape index (κ3) is 6.54. The van der Waals surface area contributed by atoms with Crippen molar-refractivity contribution in [3.63, 3.8) is 0 Å². The van der Waals surface area contributed by atoms with Gasteiger partial charge in [-0.25, -0.2) is 9.59 Å². The van der Waals surface area contributed by atoms with Crippen LogP contribution in [0.25, 0.3) is 0 Å². The highest BCUT2D eigenvalue weighted by molar-refractivity contribution is 7.18. The number of ether oxygens (including phenoxy) is 1. The number of carbonyl (C=O) groups excluding carboxylic acids is 4. The SMILES string of the molecule is CCNC(=O)NC(=O)COC(=O)c1sc(NC(=O)C(C)(C)C)cc1C. The molecule has 1 aromatic rings. The summed E-state index contributed by atoms with van der Waals surface area (Å²) in [6.45, 7) is 8.56. The predicted molar refractivity (Wildman–Crippen MR) is 94.6 cm³/mol. The Morgan fingerprint density at radius 2 is 1.84 bits per heavy atom. The fraction of sp³-hybridized carbons (Fsp3) is 0.500. The lowest BCUT2D eigenvalue weighted by molar-refractivity contribution is -0.123. The molecule has 9 heteroatoms. The first-order valence-corrected chi connectivity index (χ1v) is 8.53. The molecule has 0 unspecified atom stereocenters. The lowest BCUT2D eigenvalue weighted by atomic mass is 9.96. The highest BCUT2D eigenvalue weighted by Crippen LogP contribution is 2.28. The Kier molecular flexibility index (Phi) is 7.10. The second-order valence-electron chi connectivity index (χ2n) is 6.31. The van der Waals surface area contributed by atoms with E-state index in [-0.39, 0.29) is 10.8 Å². The number of imide groups is 1. The molecule has 0 aliphatic rings. The number of hydrogen-bond acceptors (Lipinski definition) is 6. The van der Waals surface area contributed by atoms with Crippen molar-refractivity contribution in [2.75, 3.05) is 18.5 Å². The maximum absolute atomic E-state index is 12.1. The van der Waals surface area contributed by atoms with E-state index < -0.39 is 29.9 Å². The molecule has 3 N–H and O–H groups in total. The van der Waals surface area contributed by atoms with E-state index >= 15 is 0 Å². The zero-order valence-electron chi connectivity index (χ0n) is 14.9. The molecular formula is C16H23N3O5S. The van der Waals surface area contributed by atoms with Gasteiger partial charge in [-0.05, 0) is 25.5 Å². The highest BCUT2D eigenvalue weighted by Gasteiger charge is 2.23. The second-order valence-corrected chi connectivity index (χ2v) is 7.36. The van der Waals surface area contributed by atoms with Crippen LogP contribution in [-0.2, 0) is 14.3 Å². The molecular weight excluding hydrogens is 346 g/mol. The maximum Gasteiger partial charge on any atom is 0.349 e. The summed E-state index contributed by atoms with van der Waals surface area (Å²) < 4.78 is 4.90. The Balaban J connectivity index is 2.63. The van der Waals surface area contributed by atoms with Gasteiger partial charge in [-0.3, -0.25) is 14.9 Å². The Morgan fingerprint density at radius 3 is 2.40 bits per heavy atom. The maximum atomic E-state index is 12.1. The Morgan fingerprint density at radius 1 is 1.20 bits per heavy atom. The monoisotopic (exact) mass is 369 g/mol. The molecule has 0 spiro atoms. The van der Waals surface area contributed by atoms with E-state index in [0.717, 1.165) is 11.3 Å². The minimum Gasteiger partial charge on any atom is -0.451 e. The fourth-order valence-electron chi connectivity index (χ4n) is 1.61. The van der Waals surface area contributed by atoms with E-state index in [1.54, 1.807) is 40.7 Å². The van der Waals surface area contributed by atoms with E-state index in [2.05, 4.69) is 10.6 Å². The van der Waals surface area contributed by atoms with Crippen LogP contribution in [-0.4, -0.2) is 37.0 Å². The first kappa shape index (κ1) is 20.6. The molecule has 138 valence electrons. The molecule has 0 aromatic carbocycles. The Hall–Kier alpha value is -2.42. The predicted octanol–water partition coefficient (Wildman–Crippen LogP) is 2.04. The molecule has 1 rings (SSSR count). The average Bonchev–Trinajstić information content (AvgIpc) is 2.84. The van der Waals surface area contributed by atoms with Gasteiger partial charge in [0.05, 0.1) is 5.00 Å². The van der Waals surface area contributed by atoms with Crippen LogP contribution >= 0.6 is 11.3 Å². The Labute approximate surface area is 150 Å². The van der Waals surface area contributed by atoms with Crippen LogP contribution in [0.3, 0.4) is 0 Å². The molecule has 1 aromatic heterocycles. The number of esters is 1. The number of carbonyl (C=O) groups is 4. The number of rotatable bonds is 5. The lowest BCUT2D eigenvalue weighted by Gasteiger charge is -2.16. The van der Waals surface area contributed by atoms with Crippen molar-refractivity contribution in [2.45, 2.75) is 34.6 Å². The summed E-state index contributed by atoms with van der Waals surface area (Å²) in [7, 11) is 0. The fourth-order valence-corrected chi connectivity index (χ4v) is 2.57. The van der Waals surface area contributed by atoms with Gasteiger partial charge >= 0.3 is 12.0 Å². The van der Waals surface area contributed by atoms with E-state index in [0.29, 0.717) is 17.1 Å². The summed E-state index contributed by atoms with van der Waals surface area (Å²) in [5.74, 6) is -1.59. The van der Waals surface area contributed by atoms with Crippen LogP contribution in [0, 0.1) is 12.3 Å². The first-order valence-electron chi connectivity index (χ1n) is 7.71. The molecule has 1 heterocycles. The second kappa shape index (κ2) is 8.61. The molecule has 0 saturated heterocycles. The molecule has 0 atom stereocenters. The minimum atomic E-state index is -0.727. The smallest absolute Gasteiger partial charge is 0.349 e. The highest BCUT2D eigenvalue weighted by atomic mass is 32.1. The molecule has 4 amide bonds. The summed E-state index contributed by atoms with van der Waals surface area (Å²) in [4.78, 5) is 47.0. The van der Waals surface area contributed by atoms with Crippen molar-refractivity contribution in [3.05, 3.63) is 16.5 Å². The summed E-state index contributed by atoms with van der Waals surface area (Å²) in [5.41, 5.74) is 0.0683. The zero-order chi connectivity index (χ0) is 19.2. The topological polar surface area (TPSA) is 114 Å². The molecule has 0 radical (unpaired) electrons. The van der Waals surface area contributed by atoms with Gasteiger partial charge < -0.3 is 15.4 Å². The van der Waals surface area contributed by atoms with E-state index in [9.17, 15) is 19.2 Å². The van der Waals surface area contributed by atoms with Gasteiger partial charge in [-0.15, -0.1) is 11.3 Å². The van der Waals surface area contributed by atoms with Crippen LogP contribution in [0.1, 0.15) is 42.9 Å². The van der Waals surface area contributed by atoms with Crippen molar-refractivity contribution in [3.8, 4) is 0 Å². The van der Waals surface area contributed by atoms with Gasteiger partial charge in [0.25, 0.3) is 5.91 Å². The number of aryl methyl sites for hydroxylation is 1. The molecule has 0 aliphatic carbocycles. The summed E-state index contributed by atoms with van der Waals surface area (Å²) in [6.07, 6.45) is 0. The first-order chi connectivity index (χ1) is 11.5. The van der Waals surface area contributed by atoms with Gasteiger partial charge in [-0.1, -0.05) is 20.8 Å². The van der Waals surface area contributed by atoms with Gasteiger partial charge in [0.1, 0.15) is 4.88 Å². The zero-order valence-corrected chi connectivity index (χ0v) is 15.8. The van der Waals surface area contributed by atoms with Crippen LogP contribution in [0.5, 0.6) is 0 Å². The number of thiophene rings is 1. The minimum absolute atomic E-state index is 0.171. The van der Waals surface area contributed by atoms with Crippen LogP contribution in [0.4, 0.5) is 9.80 Å². The van der Waals surface area contributed by atoms with Crippen LogP contribution in [0.2, 0.25) is 0 Å². The third-order valence-corrected chi connectivity index (χ3v) is 4.08. The van der Waals surface area contributed by atoms with Gasteiger partial charge in [0.2, 0.25) is 5.91 Å². The standard InChI is InChI=1S/C16H23N3O5S/c1-6-17-15(23)18-10(20)8-24-13(21)12-9(2)7-11(25-12)19-14(22)16(3,4)5/h7H,6,8H2,1-5H3,(H,19,22)(H2,17,18,20,23). The van der Waals surface area contributed by atoms with E-state index in [1.807, 2.05) is 5.32 Å². The van der Waals surface area contributed by atoms with Crippen molar-refractivity contribution in [2.24, 2.45) is 5.41 Å². The molecule has 0 bridgehead atoms. The quantitative estimate of drug-likeness (QED) is 0.687. The number of anilines is 1. The van der Waals surface area contributed by atoms with Gasteiger partial charge in [0.15, 0.2) is 6.61 Å². The largest absolute Gasteiger partial charge is 0.451 e. The van der Waals surface area contributed by atoms with Crippen molar-refractivity contribution in [1.29, 1.82) is 0 Å². The van der Waals surface area contributed by atoms with Crippen molar-refractivity contribution < 1.29 is 23.9 Å². The van der Waals surface area contributed by atoms with Gasteiger partial charge in [-0.2, -0.15) is 0 Å². The van der Waals surface area contributed by atoms with Crippen LogP contribution in [0.15, 0.2) is 6.07 Å². The van der Waals surface area contributed by atoms with Crippen LogP contribution < -0.4 is 16.0 Å². The molecule has 8 nitrogen and oxygen atoms in total. The van der Waals surface area contributed by atoms with Crippen molar-refractivity contribution in [1.82, 2.24) is 10.6 Å². The number of amides is 4. The van der Waals surface area contributed by atoms with E-state index in [4.69, 9.17) is 4.74 Å². The number of hydrogen-bond donors (Lipinski definition) is 3. The molecule has 0 saturated carbocycles. The third-order valence-electron chi connectivity index (χ3n) is 2.95. The molecule has 0 aliphatic heterocycles. The number of urea groups is 1.